The number of rotatable bonds is 3. The lowest BCUT2D eigenvalue weighted by Gasteiger charge is -2.15. The number of benzene rings is 1. The van der Waals surface area contributed by atoms with Crippen LogP contribution in [0, 0.1) is 5.41 Å². The number of carbonyl (C=O) groups excluding carboxylic acids is 1. The second-order valence-corrected chi connectivity index (χ2v) is 4.03. The van der Waals surface area contributed by atoms with Crippen molar-refractivity contribution in [3.8, 4) is 0 Å². The standard InChI is InChI=1S/C12H15N3O/c13-12(14)10-5-3-9(4-6-10)8-15-7-1-2-11(15)16/h3-6H,1-2,7-8H2,(H3,13,14). The molecule has 3 N–H and O–H groups in total. The van der Waals surface area contributed by atoms with Crippen LogP contribution in [0.1, 0.15) is 24.0 Å². The molecule has 0 aromatic heterocycles. The van der Waals surface area contributed by atoms with Gasteiger partial charge in [-0.1, -0.05) is 24.3 Å². The smallest absolute Gasteiger partial charge is 0.222 e. The zero-order chi connectivity index (χ0) is 11.5. The highest BCUT2D eigenvalue weighted by Gasteiger charge is 2.19. The van der Waals surface area contributed by atoms with E-state index in [9.17, 15) is 4.79 Å². The Labute approximate surface area is 94.6 Å². The largest absolute Gasteiger partial charge is 0.384 e. The molecular weight excluding hydrogens is 202 g/mol. The highest BCUT2D eigenvalue weighted by atomic mass is 16.2. The van der Waals surface area contributed by atoms with E-state index in [0.717, 1.165) is 24.1 Å². The van der Waals surface area contributed by atoms with Crippen molar-refractivity contribution < 1.29 is 4.79 Å². The molecule has 16 heavy (non-hydrogen) atoms. The van der Waals surface area contributed by atoms with E-state index in [1.165, 1.54) is 0 Å². The Bertz CT molecular complexity index is 411. The summed E-state index contributed by atoms with van der Waals surface area (Å²) in [6, 6.07) is 7.47. The number of nitrogens with zero attached hydrogens (tertiary/aromatic N) is 1. The number of likely N-dealkylation sites (tertiary alicyclic amines) is 1. The lowest BCUT2D eigenvalue weighted by molar-refractivity contribution is -0.128. The van der Waals surface area contributed by atoms with E-state index in [1.54, 1.807) is 0 Å². The Morgan fingerprint density at radius 3 is 2.56 bits per heavy atom. The van der Waals surface area contributed by atoms with E-state index in [-0.39, 0.29) is 11.7 Å². The summed E-state index contributed by atoms with van der Waals surface area (Å²) in [4.78, 5) is 13.3. The molecule has 1 amide bonds. The third-order valence-electron chi connectivity index (χ3n) is 2.81. The molecule has 0 aliphatic carbocycles. The molecule has 4 nitrogen and oxygen atoms in total. The first kappa shape index (κ1) is 10.7. The van der Waals surface area contributed by atoms with Gasteiger partial charge in [0.05, 0.1) is 0 Å². The average molecular weight is 217 g/mol. The molecule has 1 saturated heterocycles. The van der Waals surface area contributed by atoms with E-state index in [2.05, 4.69) is 0 Å². The minimum atomic E-state index is 0.0730. The van der Waals surface area contributed by atoms with Crippen LogP contribution in [0.15, 0.2) is 24.3 Å². The minimum absolute atomic E-state index is 0.0730. The Balaban J connectivity index is 2.05. The molecule has 1 aliphatic rings. The monoisotopic (exact) mass is 217 g/mol. The lowest BCUT2D eigenvalue weighted by atomic mass is 10.1. The number of amides is 1. The molecule has 84 valence electrons. The van der Waals surface area contributed by atoms with Crippen molar-refractivity contribution in [2.45, 2.75) is 19.4 Å². The summed E-state index contributed by atoms with van der Waals surface area (Å²) in [5.41, 5.74) is 7.17. The number of nitrogens with two attached hydrogens (primary N) is 1. The summed E-state index contributed by atoms with van der Waals surface area (Å²) in [6.45, 7) is 1.52. The predicted octanol–water partition coefficient (Wildman–Crippen LogP) is 1.09. The van der Waals surface area contributed by atoms with Gasteiger partial charge in [-0.15, -0.1) is 0 Å². The number of amidine groups is 1. The summed E-state index contributed by atoms with van der Waals surface area (Å²) in [6.07, 6.45) is 1.63. The van der Waals surface area contributed by atoms with Crippen LogP contribution in [-0.2, 0) is 11.3 Å². The highest BCUT2D eigenvalue weighted by Crippen LogP contribution is 2.14. The van der Waals surface area contributed by atoms with Gasteiger partial charge in [0.25, 0.3) is 0 Å². The second kappa shape index (κ2) is 4.35. The zero-order valence-corrected chi connectivity index (χ0v) is 9.07. The van der Waals surface area contributed by atoms with Gasteiger partial charge in [0, 0.05) is 25.1 Å². The first-order chi connectivity index (χ1) is 7.66. The van der Waals surface area contributed by atoms with Crippen molar-refractivity contribution in [1.29, 1.82) is 5.41 Å². The summed E-state index contributed by atoms with van der Waals surface area (Å²) >= 11 is 0. The van der Waals surface area contributed by atoms with E-state index < -0.39 is 0 Å². The molecule has 2 rings (SSSR count). The molecule has 0 unspecified atom stereocenters. The summed E-state index contributed by atoms with van der Waals surface area (Å²) in [7, 11) is 0. The van der Waals surface area contributed by atoms with Gasteiger partial charge in [-0.2, -0.15) is 0 Å². The van der Waals surface area contributed by atoms with Crippen molar-refractivity contribution in [1.82, 2.24) is 4.90 Å². The molecule has 0 bridgehead atoms. The number of carbonyl (C=O) groups is 1. The number of nitrogens with one attached hydrogen (secondary N) is 1. The first-order valence-electron chi connectivity index (χ1n) is 5.38. The molecule has 0 saturated carbocycles. The fourth-order valence-corrected chi connectivity index (χ4v) is 1.88. The van der Waals surface area contributed by atoms with Crippen LogP contribution in [0.4, 0.5) is 0 Å². The molecule has 4 heteroatoms. The third-order valence-corrected chi connectivity index (χ3v) is 2.81. The maximum Gasteiger partial charge on any atom is 0.222 e. The Morgan fingerprint density at radius 1 is 1.38 bits per heavy atom. The van der Waals surface area contributed by atoms with E-state index in [1.807, 2.05) is 29.2 Å². The lowest BCUT2D eigenvalue weighted by Crippen LogP contribution is -2.23. The molecule has 0 atom stereocenters. The molecule has 0 radical (unpaired) electrons. The summed E-state index contributed by atoms with van der Waals surface area (Å²) in [5, 5.41) is 7.28. The Hall–Kier alpha value is -1.84. The van der Waals surface area contributed by atoms with Crippen LogP contribution in [0.5, 0.6) is 0 Å². The van der Waals surface area contributed by atoms with Gasteiger partial charge in [0.1, 0.15) is 5.84 Å². The van der Waals surface area contributed by atoms with Gasteiger partial charge in [0.15, 0.2) is 0 Å². The third kappa shape index (κ3) is 2.21. The molecule has 0 spiro atoms. The van der Waals surface area contributed by atoms with Gasteiger partial charge in [0.2, 0.25) is 5.91 Å². The van der Waals surface area contributed by atoms with Crippen molar-refractivity contribution in [2.24, 2.45) is 5.73 Å². The molecular formula is C12H15N3O. The fourth-order valence-electron chi connectivity index (χ4n) is 1.88. The minimum Gasteiger partial charge on any atom is -0.384 e. The molecule has 1 heterocycles. The van der Waals surface area contributed by atoms with Gasteiger partial charge in [-0.05, 0) is 12.0 Å². The van der Waals surface area contributed by atoms with Crippen molar-refractivity contribution in [3.63, 3.8) is 0 Å². The van der Waals surface area contributed by atoms with Crippen LogP contribution in [0.25, 0.3) is 0 Å². The van der Waals surface area contributed by atoms with Crippen LogP contribution in [0.3, 0.4) is 0 Å². The van der Waals surface area contributed by atoms with Crippen molar-refractivity contribution in [3.05, 3.63) is 35.4 Å². The molecule has 1 aromatic carbocycles. The van der Waals surface area contributed by atoms with Crippen LogP contribution in [0.2, 0.25) is 0 Å². The molecule has 1 aromatic rings. The number of nitrogen functional groups attached to an aromatic ring is 1. The van der Waals surface area contributed by atoms with Crippen LogP contribution < -0.4 is 5.73 Å². The predicted molar refractivity (Wildman–Crippen MR) is 62.1 cm³/mol. The van der Waals surface area contributed by atoms with Crippen LogP contribution >= 0.6 is 0 Å². The molecule has 1 aliphatic heterocycles. The van der Waals surface area contributed by atoms with Gasteiger partial charge >= 0.3 is 0 Å². The first-order valence-corrected chi connectivity index (χ1v) is 5.38. The Morgan fingerprint density at radius 2 is 2.06 bits per heavy atom. The van der Waals surface area contributed by atoms with Gasteiger partial charge in [-0.3, -0.25) is 10.2 Å². The van der Waals surface area contributed by atoms with Gasteiger partial charge < -0.3 is 10.6 Å². The summed E-state index contributed by atoms with van der Waals surface area (Å²) < 4.78 is 0. The topological polar surface area (TPSA) is 70.2 Å². The second-order valence-electron chi connectivity index (χ2n) is 4.03. The van der Waals surface area contributed by atoms with E-state index in [4.69, 9.17) is 11.1 Å². The highest BCUT2D eigenvalue weighted by molar-refractivity contribution is 5.94. The zero-order valence-electron chi connectivity index (χ0n) is 9.07. The quantitative estimate of drug-likeness (QED) is 0.587. The maximum absolute atomic E-state index is 11.4. The van der Waals surface area contributed by atoms with E-state index in [0.29, 0.717) is 13.0 Å². The Kier molecular flexibility index (Phi) is 2.90. The molecule has 1 fully saturated rings. The van der Waals surface area contributed by atoms with E-state index >= 15 is 0 Å². The maximum atomic E-state index is 11.4. The van der Waals surface area contributed by atoms with Crippen molar-refractivity contribution >= 4 is 11.7 Å². The summed E-state index contributed by atoms with van der Waals surface area (Å²) in [5.74, 6) is 0.305. The van der Waals surface area contributed by atoms with Crippen molar-refractivity contribution in [2.75, 3.05) is 6.54 Å². The fraction of sp³-hybridized carbons (Fsp3) is 0.333. The number of hydrogen-bond acceptors (Lipinski definition) is 2. The average Bonchev–Trinajstić information content (AvgIpc) is 2.65. The normalized spacial score (nSPS) is 15.5. The SMILES string of the molecule is N=C(N)c1ccc(CN2CCCC2=O)cc1. The van der Waals surface area contributed by atoms with Crippen LogP contribution in [-0.4, -0.2) is 23.2 Å². The number of hydrogen-bond donors (Lipinski definition) is 2. The van der Waals surface area contributed by atoms with Gasteiger partial charge in [-0.25, -0.2) is 0 Å².